The summed E-state index contributed by atoms with van der Waals surface area (Å²) in [5, 5.41) is 4.42. The predicted octanol–water partition coefficient (Wildman–Crippen LogP) is 4.82. The van der Waals surface area contributed by atoms with Crippen molar-refractivity contribution in [3.05, 3.63) is 64.7 Å². The molecule has 0 radical (unpaired) electrons. The van der Waals surface area contributed by atoms with Crippen molar-refractivity contribution in [2.45, 2.75) is 25.9 Å². The van der Waals surface area contributed by atoms with Crippen molar-refractivity contribution < 1.29 is 0 Å². The van der Waals surface area contributed by atoms with Crippen LogP contribution in [0, 0.1) is 0 Å². The Kier molecular flexibility index (Phi) is 5.27. The summed E-state index contributed by atoms with van der Waals surface area (Å²) < 4.78 is 0. The molecule has 1 N–H and O–H groups in total. The second-order valence-corrected chi connectivity index (χ2v) is 6.02. The normalized spacial score (nSPS) is 13.8. The lowest BCUT2D eigenvalue weighted by molar-refractivity contribution is 0.495. The molecule has 0 fully saturated rings. The molecule has 0 spiro atoms. The molecule has 2 atom stereocenters. The summed E-state index contributed by atoms with van der Waals surface area (Å²) in [4.78, 5) is 2.11. The first kappa shape index (κ1) is 15.9. The van der Waals surface area contributed by atoms with Gasteiger partial charge in [-0.2, -0.15) is 0 Å². The number of halogens is 1. The van der Waals surface area contributed by atoms with Crippen LogP contribution in [0.1, 0.15) is 37.1 Å². The lowest BCUT2D eigenvalue weighted by atomic mass is 10.0. The number of benzene rings is 2. The lowest BCUT2D eigenvalue weighted by Gasteiger charge is -2.22. The van der Waals surface area contributed by atoms with E-state index in [2.05, 4.69) is 68.5 Å². The molecule has 0 amide bonds. The average Bonchev–Trinajstić information content (AvgIpc) is 2.47. The minimum atomic E-state index is 0.210. The van der Waals surface area contributed by atoms with E-state index in [1.807, 2.05) is 18.2 Å². The summed E-state index contributed by atoms with van der Waals surface area (Å²) in [6.45, 7) is 4.32. The quantitative estimate of drug-likeness (QED) is 0.852. The molecular formula is C18H23ClN2. The van der Waals surface area contributed by atoms with Gasteiger partial charge in [-0.15, -0.1) is 0 Å². The van der Waals surface area contributed by atoms with E-state index in [4.69, 9.17) is 11.6 Å². The largest absolute Gasteiger partial charge is 0.378 e. The molecule has 2 aromatic rings. The first-order valence-corrected chi connectivity index (χ1v) is 7.64. The molecule has 0 bridgehead atoms. The summed E-state index contributed by atoms with van der Waals surface area (Å²) in [5.74, 6) is 0. The Labute approximate surface area is 132 Å². The lowest BCUT2D eigenvalue weighted by Crippen LogP contribution is -2.22. The van der Waals surface area contributed by atoms with Crippen molar-refractivity contribution in [3.8, 4) is 0 Å². The van der Waals surface area contributed by atoms with E-state index in [9.17, 15) is 0 Å². The zero-order chi connectivity index (χ0) is 15.4. The van der Waals surface area contributed by atoms with Crippen molar-refractivity contribution in [1.82, 2.24) is 5.32 Å². The fraction of sp³-hybridized carbons (Fsp3) is 0.333. The van der Waals surface area contributed by atoms with Crippen LogP contribution < -0.4 is 10.2 Å². The van der Waals surface area contributed by atoms with Crippen LogP contribution in [0.2, 0.25) is 5.02 Å². The Hall–Kier alpha value is -1.51. The van der Waals surface area contributed by atoms with E-state index in [0.717, 1.165) is 10.6 Å². The summed E-state index contributed by atoms with van der Waals surface area (Å²) in [6, 6.07) is 17.1. The number of nitrogens with one attached hydrogen (secondary N) is 1. The predicted molar refractivity (Wildman–Crippen MR) is 92.2 cm³/mol. The number of nitrogens with zero attached hydrogens (tertiary/aromatic N) is 1. The molecule has 2 rings (SSSR count). The van der Waals surface area contributed by atoms with Crippen LogP contribution in [0.5, 0.6) is 0 Å². The highest BCUT2D eigenvalue weighted by molar-refractivity contribution is 6.31. The Morgan fingerprint density at radius 2 is 1.52 bits per heavy atom. The summed E-state index contributed by atoms with van der Waals surface area (Å²) in [7, 11) is 4.10. The number of rotatable bonds is 5. The van der Waals surface area contributed by atoms with E-state index in [1.165, 1.54) is 11.3 Å². The van der Waals surface area contributed by atoms with Gasteiger partial charge in [0.15, 0.2) is 0 Å². The average molecular weight is 303 g/mol. The Balaban J connectivity index is 2.07. The standard InChI is InChI=1S/C18H23ClN2/c1-13(15-9-11-16(12-10-15)21(3)4)20-14(2)17-7-5-6-8-18(17)19/h5-14,20H,1-4H3. The number of hydrogen-bond acceptors (Lipinski definition) is 2. The second-order valence-electron chi connectivity index (χ2n) is 5.62. The van der Waals surface area contributed by atoms with Gasteiger partial charge in [0.05, 0.1) is 0 Å². The maximum Gasteiger partial charge on any atom is 0.0453 e. The smallest absolute Gasteiger partial charge is 0.0453 e. The van der Waals surface area contributed by atoms with Crippen LogP contribution in [-0.4, -0.2) is 14.1 Å². The fourth-order valence-electron chi connectivity index (χ4n) is 2.45. The maximum absolute atomic E-state index is 6.26. The second kappa shape index (κ2) is 6.97. The highest BCUT2D eigenvalue weighted by Crippen LogP contribution is 2.25. The van der Waals surface area contributed by atoms with Gasteiger partial charge < -0.3 is 10.2 Å². The minimum absolute atomic E-state index is 0.210. The monoisotopic (exact) mass is 302 g/mol. The van der Waals surface area contributed by atoms with Crippen LogP contribution in [-0.2, 0) is 0 Å². The molecule has 2 nitrogen and oxygen atoms in total. The minimum Gasteiger partial charge on any atom is -0.378 e. The van der Waals surface area contributed by atoms with Crippen molar-refractivity contribution >= 4 is 17.3 Å². The van der Waals surface area contributed by atoms with Crippen LogP contribution in [0.4, 0.5) is 5.69 Å². The summed E-state index contributed by atoms with van der Waals surface area (Å²) in [6.07, 6.45) is 0. The molecule has 21 heavy (non-hydrogen) atoms. The Morgan fingerprint density at radius 1 is 0.905 bits per heavy atom. The molecule has 0 aliphatic heterocycles. The zero-order valence-electron chi connectivity index (χ0n) is 13.1. The highest BCUT2D eigenvalue weighted by atomic mass is 35.5. The zero-order valence-corrected chi connectivity index (χ0v) is 13.9. The number of anilines is 1. The molecule has 0 heterocycles. The molecule has 0 saturated carbocycles. The molecule has 0 aromatic heterocycles. The SMILES string of the molecule is CC(NC(C)c1ccccc1Cl)c1ccc(N(C)C)cc1. The van der Waals surface area contributed by atoms with Gasteiger partial charge in [0.2, 0.25) is 0 Å². The maximum atomic E-state index is 6.26. The topological polar surface area (TPSA) is 15.3 Å². The van der Waals surface area contributed by atoms with E-state index in [-0.39, 0.29) is 12.1 Å². The summed E-state index contributed by atoms with van der Waals surface area (Å²) >= 11 is 6.26. The molecule has 3 heteroatoms. The third-order valence-electron chi connectivity index (χ3n) is 3.78. The molecule has 0 aliphatic rings. The van der Waals surface area contributed by atoms with Gasteiger partial charge in [0.25, 0.3) is 0 Å². The fourth-order valence-corrected chi connectivity index (χ4v) is 2.75. The third-order valence-corrected chi connectivity index (χ3v) is 4.13. The van der Waals surface area contributed by atoms with Crippen molar-refractivity contribution in [2.75, 3.05) is 19.0 Å². The molecule has 0 saturated heterocycles. The van der Waals surface area contributed by atoms with E-state index in [1.54, 1.807) is 0 Å². The van der Waals surface area contributed by atoms with Gasteiger partial charge in [-0.25, -0.2) is 0 Å². The first-order valence-electron chi connectivity index (χ1n) is 7.27. The van der Waals surface area contributed by atoms with Gasteiger partial charge in [0.1, 0.15) is 0 Å². The number of hydrogen-bond donors (Lipinski definition) is 1. The van der Waals surface area contributed by atoms with Crippen LogP contribution in [0.15, 0.2) is 48.5 Å². The van der Waals surface area contributed by atoms with E-state index < -0.39 is 0 Å². The first-order chi connectivity index (χ1) is 9.99. The van der Waals surface area contributed by atoms with Gasteiger partial charge in [-0.3, -0.25) is 0 Å². The summed E-state index contributed by atoms with van der Waals surface area (Å²) in [5.41, 5.74) is 3.63. The van der Waals surface area contributed by atoms with Crippen LogP contribution in [0.25, 0.3) is 0 Å². The molecule has 2 unspecified atom stereocenters. The molecular weight excluding hydrogens is 280 g/mol. The molecule has 0 aliphatic carbocycles. The van der Waals surface area contributed by atoms with Crippen molar-refractivity contribution in [1.29, 1.82) is 0 Å². The third kappa shape index (κ3) is 3.99. The van der Waals surface area contributed by atoms with Crippen molar-refractivity contribution in [3.63, 3.8) is 0 Å². The highest BCUT2D eigenvalue weighted by Gasteiger charge is 2.13. The molecule has 2 aromatic carbocycles. The van der Waals surface area contributed by atoms with Gasteiger partial charge in [0, 0.05) is 36.9 Å². The Morgan fingerprint density at radius 3 is 2.10 bits per heavy atom. The van der Waals surface area contributed by atoms with Gasteiger partial charge in [-0.1, -0.05) is 41.9 Å². The Bertz CT molecular complexity index is 578. The van der Waals surface area contributed by atoms with Gasteiger partial charge >= 0.3 is 0 Å². The molecule has 112 valence electrons. The van der Waals surface area contributed by atoms with Crippen LogP contribution >= 0.6 is 11.6 Å². The van der Waals surface area contributed by atoms with Crippen LogP contribution in [0.3, 0.4) is 0 Å². The van der Waals surface area contributed by atoms with Gasteiger partial charge in [-0.05, 0) is 43.2 Å². The van der Waals surface area contributed by atoms with E-state index in [0.29, 0.717) is 0 Å². The van der Waals surface area contributed by atoms with E-state index >= 15 is 0 Å². The van der Waals surface area contributed by atoms with Crippen molar-refractivity contribution in [2.24, 2.45) is 0 Å².